The van der Waals surface area contributed by atoms with Gasteiger partial charge in [-0.3, -0.25) is 0 Å². The molecule has 0 radical (unpaired) electrons. The van der Waals surface area contributed by atoms with Gasteiger partial charge in [-0.2, -0.15) is 0 Å². The molecular formula is C17H24Cl2NOSiZr. The number of benzene rings is 1. The van der Waals surface area contributed by atoms with Crippen molar-refractivity contribution in [2.24, 2.45) is 0 Å². The normalized spacial score (nSPS) is 12.5. The molecule has 0 atom stereocenters. The zero-order valence-corrected chi connectivity index (χ0v) is 19.2. The van der Waals surface area contributed by atoms with Gasteiger partial charge < -0.3 is 24.8 Å². The molecule has 0 heterocycles. The van der Waals surface area contributed by atoms with Crippen LogP contribution in [0.15, 0.2) is 45.8 Å². The molecule has 0 fully saturated rings. The molecule has 1 aliphatic carbocycles. The number of nitrogens with one attached hydrogen (secondary N) is 1. The minimum Gasteiger partial charge on any atom is -1.00 e. The summed E-state index contributed by atoms with van der Waals surface area (Å²) in [7, 11) is 0. The number of allylic oxidation sites excluding steroid dienone is 4. The average molecular weight is 449 g/mol. The van der Waals surface area contributed by atoms with Crippen LogP contribution >= 0.6 is 0 Å². The third-order valence-electron chi connectivity index (χ3n) is 3.77. The second-order valence-electron chi connectivity index (χ2n) is 6.09. The van der Waals surface area contributed by atoms with Crippen LogP contribution in [0.2, 0.25) is 13.1 Å². The van der Waals surface area contributed by atoms with Crippen LogP contribution in [0.5, 0.6) is 0 Å². The topological polar surface area (TPSA) is 29.1 Å². The summed E-state index contributed by atoms with van der Waals surface area (Å²) in [6, 6.07) is 8.03. The Balaban J connectivity index is 0.00000242. The third kappa shape index (κ3) is 6.01. The Hall–Kier alpha value is -0.150. The van der Waals surface area contributed by atoms with Crippen molar-refractivity contribution in [2.75, 3.05) is 0 Å². The second-order valence-corrected chi connectivity index (χ2v) is 24.6. The van der Waals surface area contributed by atoms with E-state index in [-0.39, 0.29) is 30.7 Å². The van der Waals surface area contributed by atoms with Crippen molar-refractivity contribution in [3.63, 3.8) is 0 Å². The van der Waals surface area contributed by atoms with Gasteiger partial charge in [0.25, 0.3) is 0 Å². The molecule has 0 unspecified atom stereocenters. The van der Waals surface area contributed by atoms with Gasteiger partial charge in [-0.25, -0.2) is 0 Å². The molecule has 1 aromatic rings. The molecule has 23 heavy (non-hydrogen) atoms. The molecular weight excluding hydrogens is 424 g/mol. The van der Waals surface area contributed by atoms with Gasteiger partial charge in [-0.1, -0.05) is 0 Å². The Morgan fingerprint density at radius 3 is 2.39 bits per heavy atom. The number of rotatable bonds is 5. The first-order valence-corrected chi connectivity index (χ1v) is 17.2. The molecule has 0 saturated carbocycles. The van der Waals surface area contributed by atoms with Crippen LogP contribution in [0.3, 0.4) is 0 Å². The van der Waals surface area contributed by atoms with Crippen molar-refractivity contribution in [3.8, 4) is 0 Å². The van der Waals surface area contributed by atoms with Crippen LogP contribution in [0.1, 0.15) is 42.1 Å². The fraction of sp³-hybridized carbons (Fsp3) is 0.353. The quantitative estimate of drug-likeness (QED) is 0.515. The Morgan fingerprint density at radius 2 is 1.87 bits per heavy atom. The molecule has 0 aromatic heterocycles. The minimum atomic E-state index is -1.94. The van der Waals surface area contributed by atoms with Crippen molar-refractivity contribution in [1.82, 2.24) is 3.26 Å². The maximum Gasteiger partial charge on any atom is -1.00 e. The summed E-state index contributed by atoms with van der Waals surface area (Å²) in [5.74, 6) is -0.269. The predicted octanol–water partition coefficient (Wildman–Crippen LogP) is -2.09. The maximum atomic E-state index is 12.8. The Bertz CT molecular complexity index is 588. The molecule has 0 spiro atoms. The molecule has 0 saturated heterocycles. The summed E-state index contributed by atoms with van der Waals surface area (Å²) in [6.07, 6.45) is 7.66. The SMILES string of the molecule is CC(C)c1ccccc1C(=O)[NH][Zr+2]([C]1=CC=CC1)[SiH](C)C.[Cl-].[Cl-]. The maximum absolute atomic E-state index is 12.8. The Kier molecular flexibility index (Phi) is 10.6. The Morgan fingerprint density at radius 1 is 1.22 bits per heavy atom. The smallest absolute Gasteiger partial charge is 1.00 e. The summed E-state index contributed by atoms with van der Waals surface area (Å²) >= 11 is -1.94. The summed E-state index contributed by atoms with van der Waals surface area (Å²) in [4.78, 5) is 12.8. The van der Waals surface area contributed by atoms with Gasteiger partial charge in [0.2, 0.25) is 0 Å². The molecule has 6 heteroatoms. The number of carbonyl (C=O) groups excluding carboxylic acids is 1. The van der Waals surface area contributed by atoms with Crippen molar-refractivity contribution in [3.05, 3.63) is 56.9 Å². The van der Waals surface area contributed by atoms with E-state index in [0.29, 0.717) is 5.92 Å². The van der Waals surface area contributed by atoms with Crippen molar-refractivity contribution in [2.45, 2.75) is 39.3 Å². The summed E-state index contributed by atoms with van der Waals surface area (Å²) in [5, 5.41) is 0. The third-order valence-corrected chi connectivity index (χ3v) is 20.3. The second kappa shape index (κ2) is 10.7. The van der Waals surface area contributed by atoms with Gasteiger partial charge in [0, 0.05) is 0 Å². The van der Waals surface area contributed by atoms with Gasteiger partial charge in [-0.15, -0.1) is 0 Å². The van der Waals surface area contributed by atoms with Gasteiger partial charge >= 0.3 is 137 Å². The molecule has 1 aliphatic rings. The van der Waals surface area contributed by atoms with E-state index in [0.717, 1.165) is 17.5 Å². The van der Waals surface area contributed by atoms with E-state index in [2.05, 4.69) is 54.5 Å². The van der Waals surface area contributed by atoms with Gasteiger partial charge in [0.15, 0.2) is 0 Å². The average Bonchev–Trinajstić information content (AvgIpc) is 2.97. The standard InChI is InChI=1S/C10H13NO.C5H5.C2H7Si.2ClH.Zr/c1-7(2)8-5-3-4-6-9(8)10(11)12;1-2-4-5-3-1;1-3-2;;;/h3-7H,1-2H3,(H2,11,12);1-3H,4H2;3H,1-2H3;2*1H;/q;;;;;+3/p-3. The first-order valence-electron chi connectivity index (χ1n) is 7.64. The zero-order valence-electron chi connectivity index (χ0n) is 14.1. The van der Waals surface area contributed by atoms with E-state index in [9.17, 15) is 4.79 Å². The molecule has 1 aromatic carbocycles. The zero-order chi connectivity index (χ0) is 15.4. The van der Waals surface area contributed by atoms with Crippen molar-refractivity contribution < 1.29 is 50.8 Å². The van der Waals surface area contributed by atoms with E-state index in [1.807, 2.05) is 18.2 Å². The number of halogens is 2. The monoisotopic (exact) mass is 446 g/mol. The van der Waals surface area contributed by atoms with Crippen LogP contribution in [-0.2, 0) is 21.2 Å². The number of hydrogen-bond donors (Lipinski definition) is 1. The predicted molar refractivity (Wildman–Crippen MR) is 88.7 cm³/mol. The van der Waals surface area contributed by atoms with Crippen LogP contribution < -0.4 is 28.1 Å². The number of hydrogen-bond acceptors (Lipinski definition) is 1. The van der Waals surface area contributed by atoms with E-state index < -0.39 is 27.1 Å². The van der Waals surface area contributed by atoms with Crippen molar-refractivity contribution >= 4 is 11.8 Å². The molecule has 0 aliphatic heterocycles. The van der Waals surface area contributed by atoms with Gasteiger partial charge in [0.1, 0.15) is 0 Å². The molecule has 1 N–H and O–H groups in total. The van der Waals surface area contributed by atoms with Gasteiger partial charge in [-0.05, 0) is 0 Å². The van der Waals surface area contributed by atoms with E-state index in [1.165, 1.54) is 0 Å². The summed E-state index contributed by atoms with van der Waals surface area (Å²) in [5.41, 5.74) is 2.02. The first-order chi connectivity index (χ1) is 10.0. The molecule has 2 rings (SSSR count). The van der Waals surface area contributed by atoms with E-state index >= 15 is 0 Å². The summed E-state index contributed by atoms with van der Waals surface area (Å²) < 4.78 is 5.03. The Labute approximate surface area is 161 Å². The molecule has 2 nitrogen and oxygen atoms in total. The fourth-order valence-electron chi connectivity index (χ4n) is 2.64. The van der Waals surface area contributed by atoms with Crippen LogP contribution in [0.25, 0.3) is 0 Å². The van der Waals surface area contributed by atoms with Crippen LogP contribution in [0.4, 0.5) is 0 Å². The fourth-order valence-corrected chi connectivity index (χ4v) is 16.1. The number of amides is 1. The van der Waals surface area contributed by atoms with Crippen LogP contribution in [0, 0.1) is 0 Å². The van der Waals surface area contributed by atoms with Crippen LogP contribution in [-0.4, -0.2) is 11.8 Å². The summed E-state index contributed by atoms with van der Waals surface area (Å²) in [6.45, 7) is 9.05. The first kappa shape index (κ1) is 22.9. The van der Waals surface area contributed by atoms with Gasteiger partial charge in [0.05, 0.1) is 0 Å². The van der Waals surface area contributed by atoms with E-state index in [4.69, 9.17) is 0 Å². The largest absolute Gasteiger partial charge is 1.00 e. The molecule has 125 valence electrons. The molecule has 0 bridgehead atoms. The van der Waals surface area contributed by atoms with E-state index in [1.54, 1.807) is 3.28 Å². The minimum absolute atomic E-state index is 0. The molecule has 1 amide bonds. The van der Waals surface area contributed by atoms with Crippen molar-refractivity contribution in [1.29, 1.82) is 0 Å². The number of carbonyl (C=O) groups is 1.